The van der Waals surface area contributed by atoms with Gasteiger partial charge in [0.1, 0.15) is 0 Å². The average Bonchev–Trinajstić information content (AvgIpc) is 2.44. The lowest BCUT2D eigenvalue weighted by Crippen LogP contribution is -2.30. The summed E-state index contributed by atoms with van der Waals surface area (Å²) < 4.78 is 24.3. The highest BCUT2D eigenvalue weighted by Crippen LogP contribution is 2.12. The van der Waals surface area contributed by atoms with Gasteiger partial charge in [0, 0.05) is 11.4 Å². The lowest BCUT2D eigenvalue weighted by molar-refractivity contribution is 0.0696. The number of aromatic carboxylic acids is 1. The van der Waals surface area contributed by atoms with Gasteiger partial charge < -0.3 is 5.11 Å². The van der Waals surface area contributed by atoms with E-state index < -0.39 is 16.0 Å². The van der Waals surface area contributed by atoms with E-state index in [1.165, 1.54) is 18.2 Å². The number of anilines is 1. The first-order valence-corrected chi connectivity index (χ1v) is 7.70. The summed E-state index contributed by atoms with van der Waals surface area (Å²) in [5, 5.41) is 8.89. The molecule has 0 spiro atoms. The normalized spacial score (nSPS) is 11.2. The minimum absolute atomic E-state index is 0.107. The van der Waals surface area contributed by atoms with E-state index in [9.17, 15) is 13.2 Å². The van der Waals surface area contributed by atoms with Crippen molar-refractivity contribution in [3.8, 4) is 0 Å². The SMILES string of the molecule is Cc1cc(C)nc(NNS(=O)(=O)c2cccc(C(=O)O)c2)n1. The maximum Gasteiger partial charge on any atom is 0.335 e. The summed E-state index contributed by atoms with van der Waals surface area (Å²) in [6.07, 6.45) is 0. The number of hydrogen-bond donors (Lipinski definition) is 3. The van der Waals surface area contributed by atoms with Crippen molar-refractivity contribution < 1.29 is 18.3 Å². The third kappa shape index (κ3) is 3.77. The molecule has 22 heavy (non-hydrogen) atoms. The molecule has 0 fully saturated rings. The van der Waals surface area contributed by atoms with Crippen LogP contribution >= 0.6 is 0 Å². The lowest BCUT2D eigenvalue weighted by Gasteiger charge is -2.09. The summed E-state index contributed by atoms with van der Waals surface area (Å²) in [7, 11) is -3.94. The van der Waals surface area contributed by atoms with Crippen molar-refractivity contribution >= 4 is 21.9 Å². The molecule has 0 bridgehead atoms. The van der Waals surface area contributed by atoms with Crippen LogP contribution in [0.15, 0.2) is 35.2 Å². The zero-order valence-electron chi connectivity index (χ0n) is 11.9. The van der Waals surface area contributed by atoms with Gasteiger partial charge >= 0.3 is 5.97 Å². The third-order valence-electron chi connectivity index (χ3n) is 2.67. The van der Waals surface area contributed by atoms with Gasteiger partial charge in [-0.2, -0.15) is 0 Å². The van der Waals surface area contributed by atoms with Gasteiger partial charge in [-0.05, 0) is 38.1 Å². The molecular weight excluding hydrogens is 308 g/mol. The van der Waals surface area contributed by atoms with Crippen molar-refractivity contribution in [2.24, 2.45) is 0 Å². The number of benzene rings is 1. The smallest absolute Gasteiger partial charge is 0.335 e. The molecule has 3 N–H and O–H groups in total. The summed E-state index contributed by atoms with van der Waals surface area (Å²) in [5.41, 5.74) is 3.65. The zero-order chi connectivity index (χ0) is 16.3. The van der Waals surface area contributed by atoms with Gasteiger partial charge in [0.15, 0.2) is 0 Å². The molecule has 0 aliphatic rings. The average molecular weight is 322 g/mol. The fourth-order valence-corrected chi connectivity index (χ4v) is 2.63. The quantitative estimate of drug-likeness (QED) is 0.705. The maximum absolute atomic E-state index is 12.1. The summed E-state index contributed by atoms with van der Waals surface area (Å²) in [6.45, 7) is 3.51. The van der Waals surface area contributed by atoms with Crippen LogP contribution in [0.3, 0.4) is 0 Å². The van der Waals surface area contributed by atoms with Crippen LogP contribution in [0, 0.1) is 13.8 Å². The van der Waals surface area contributed by atoms with E-state index in [0.717, 1.165) is 6.07 Å². The molecule has 0 saturated heterocycles. The van der Waals surface area contributed by atoms with Crippen molar-refractivity contribution in [3.63, 3.8) is 0 Å². The van der Waals surface area contributed by atoms with E-state index in [1.807, 2.05) is 0 Å². The van der Waals surface area contributed by atoms with E-state index in [2.05, 4.69) is 20.2 Å². The number of nitrogens with one attached hydrogen (secondary N) is 2. The first kappa shape index (κ1) is 15.9. The Labute approximate surface area is 127 Å². The van der Waals surface area contributed by atoms with Crippen LogP contribution in [-0.2, 0) is 10.0 Å². The van der Waals surface area contributed by atoms with Crippen LogP contribution in [0.1, 0.15) is 21.7 Å². The van der Waals surface area contributed by atoms with E-state index in [4.69, 9.17) is 5.11 Å². The molecule has 0 atom stereocenters. The van der Waals surface area contributed by atoms with E-state index in [1.54, 1.807) is 19.9 Å². The van der Waals surface area contributed by atoms with Crippen molar-refractivity contribution in [3.05, 3.63) is 47.3 Å². The van der Waals surface area contributed by atoms with Crippen LogP contribution in [0.5, 0.6) is 0 Å². The standard InChI is InChI=1S/C13H14N4O4S/c1-8-6-9(2)15-13(14-8)16-17-22(20,21)11-5-3-4-10(7-11)12(18)19/h3-7,17H,1-2H3,(H,18,19)(H,14,15,16). The van der Waals surface area contributed by atoms with Crippen molar-refractivity contribution in [2.75, 3.05) is 5.43 Å². The van der Waals surface area contributed by atoms with Gasteiger partial charge in [-0.15, -0.1) is 4.83 Å². The summed E-state index contributed by atoms with van der Waals surface area (Å²) in [4.78, 5) is 20.9. The minimum Gasteiger partial charge on any atom is -0.478 e. The topological polar surface area (TPSA) is 121 Å². The predicted octanol–water partition coefficient (Wildman–Crippen LogP) is 1.10. The van der Waals surface area contributed by atoms with Crippen LogP contribution in [0.2, 0.25) is 0 Å². The molecular formula is C13H14N4O4S. The van der Waals surface area contributed by atoms with Crippen LogP contribution in [0.25, 0.3) is 0 Å². The second-order valence-corrected chi connectivity index (χ2v) is 6.22. The number of carboxylic acid groups (broad SMARTS) is 1. The Kier molecular flexibility index (Phi) is 4.38. The number of aromatic nitrogens is 2. The Balaban J connectivity index is 2.21. The molecule has 1 heterocycles. The van der Waals surface area contributed by atoms with Crippen LogP contribution in [0.4, 0.5) is 5.95 Å². The molecule has 2 rings (SSSR count). The predicted molar refractivity (Wildman–Crippen MR) is 78.9 cm³/mol. The maximum atomic E-state index is 12.1. The number of rotatable bonds is 5. The second kappa shape index (κ2) is 6.08. The number of aryl methyl sites for hydroxylation is 2. The Hall–Kier alpha value is -2.52. The molecule has 0 radical (unpaired) electrons. The first-order valence-electron chi connectivity index (χ1n) is 6.21. The number of carbonyl (C=O) groups is 1. The van der Waals surface area contributed by atoms with Crippen molar-refractivity contribution in [1.82, 2.24) is 14.8 Å². The van der Waals surface area contributed by atoms with Crippen LogP contribution < -0.4 is 10.3 Å². The van der Waals surface area contributed by atoms with Crippen molar-refractivity contribution in [2.45, 2.75) is 18.7 Å². The molecule has 0 amide bonds. The largest absolute Gasteiger partial charge is 0.478 e. The van der Waals surface area contributed by atoms with Gasteiger partial charge in [0.05, 0.1) is 10.5 Å². The van der Waals surface area contributed by atoms with E-state index >= 15 is 0 Å². The monoisotopic (exact) mass is 322 g/mol. The van der Waals surface area contributed by atoms with E-state index in [-0.39, 0.29) is 16.4 Å². The second-order valence-electron chi connectivity index (χ2n) is 4.54. The third-order valence-corrected chi connectivity index (χ3v) is 3.92. The number of sulfonamides is 1. The molecule has 8 nitrogen and oxygen atoms in total. The zero-order valence-corrected chi connectivity index (χ0v) is 12.7. The summed E-state index contributed by atoms with van der Waals surface area (Å²) in [5.74, 6) is -1.10. The van der Waals surface area contributed by atoms with Gasteiger partial charge in [0.2, 0.25) is 5.95 Å². The molecule has 1 aromatic heterocycles. The lowest BCUT2D eigenvalue weighted by atomic mass is 10.2. The Bertz CT molecular complexity index is 800. The van der Waals surface area contributed by atoms with Crippen LogP contribution in [-0.4, -0.2) is 29.5 Å². The molecule has 1 aromatic carbocycles. The highest BCUT2D eigenvalue weighted by atomic mass is 32.2. The molecule has 9 heteroatoms. The Morgan fingerprint density at radius 2 is 1.77 bits per heavy atom. The highest BCUT2D eigenvalue weighted by molar-refractivity contribution is 7.89. The van der Waals surface area contributed by atoms with Gasteiger partial charge in [0.25, 0.3) is 10.0 Å². The first-order chi connectivity index (χ1) is 10.3. The fraction of sp³-hybridized carbons (Fsp3) is 0.154. The van der Waals surface area contributed by atoms with Crippen molar-refractivity contribution in [1.29, 1.82) is 0 Å². The molecule has 0 aliphatic carbocycles. The van der Waals surface area contributed by atoms with Gasteiger partial charge in [-0.3, -0.25) is 5.43 Å². The molecule has 2 aromatic rings. The summed E-state index contributed by atoms with van der Waals surface area (Å²) >= 11 is 0. The molecule has 116 valence electrons. The fourth-order valence-electron chi connectivity index (χ4n) is 1.75. The molecule has 0 saturated carbocycles. The number of nitrogens with zero attached hydrogens (tertiary/aromatic N) is 2. The molecule has 0 aliphatic heterocycles. The van der Waals surface area contributed by atoms with Gasteiger partial charge in [-0.25, -0.2) is 23.2 Å². The summed E-state index contributed by atoms with van der Waals surface area (Å²) in [6, 6.07) is 6.76. The van der Waals surface area contributed by atoms with Gasteiger partial charge in [-0.1, -0.05) is 6.07 Å². The van der Waals surface area contributed by atoms with E-state index in [0.29, 0.717) is 11.4 Å². The number of hydrogen-bond acceptors (Lipinski definition) is 6. The number of hydrazine groups is 1. The number of carboxylic acids is 1. The Morgan fingerprint density at radius 3 is 2.36 bits per heavy atom. The Morgan fingerprint density at radius 1 is 1.14 bits per heavy atom. The minimum atomic E-state index is -3.94. The molecule has 0 unspecified atom stereocenters. The highest BCUT2D eigenvalue weighted by Gasteiger charge is 2.16.